The Labute approximate surface area is 235 Å². The number of aldehydes is 1. The van der Waals surface area contributed by atoms with Crippen molar-refractivity contribution in [3.63, 3.8) is 0 Å². The number of fused-ring (bicyclic) bond motifs is 1. The fourth-order valence-electron chi connectivity index (χ4n) is 4.55. The van der Waals surface area contributed by atoms with Crippen molar-refractivity contribution in [3.8, 4) is 0 Å². The summed E-state index contributed by atoms with van der Waals surface area (Å²) < 4.78 is 5.40. The highest BCUT2D eigenvalue weighted by molar-refractivity contribution is 5.93. The number of rotatable bonds is 14. The van der Waals surface area contributed by atoms with Gasteiger partial charge in [0, 0.05) is 6.42 Å². The lowest BCUT2D eigenvalue weighted by Gasteiger charge is -2.25. The van der Waals surface area contributed by atoms with E-state index < -0.39 is 36.0 Å². The van der Waals surface area contributed by atoms with Crippen molar-refractivity contribution >= 4 is 35.0 Å². The molecular weight excluding hydrogens is 506 g/mol. The Morgan fingerprint density at radius 1 is 0.825 bits per heavy atom. The van der Waals surface area contributed by atoms with Gasteiger partial charge in [-0.3, -0.25) is 9.59 Å². The molecule has 0 fully saturated rings. The second-order valence-electron chi connectivity index (χ2n) is 10.3. The average molecular weight is 546 g/mol. The fraction of sp³-hybridized carbons (Fsp3) is 0.375. The van der Waals surface area contributed by atoms with Gasteiger partial charge in [-0.1, -0.05) is 100.0 Å². The molecule has 3 atom stereocenters. The smallest absolute Gasteiger partial charge is 0.408 e. The number of ether oxygens (including phenoxy) is 1. The standard InChI is InChI=1S/C32H39N3O5/c1-4-11-26(20-36)33-30(37)28(18-22(2)3)34-31(38)29(35-32(39)40-21-23-12-6-5-7-13-23)19-25-16-10-15-24-14-8-9-17-27(24)25/h5-10,12-17,20,22,26,28-29H,4,11,18-19,21H2,1-3H3,(H,33,37)(H,34,38)(H,35,39)/t26-,28-,29-/m0/s1. The van der Waals surface area contributed by atoms with Crippen molar-refractivity contribution in [2.24, 2.45) is 5.92 Å². The van der Waals surface area contributed by atoms with Crippen LogP contribution in [0.1, 0.15) is 51.2 Å². The first-order valence-electron chi connectivity index (χ1n) is 13.8. The Morgan fingerprint density at radius 2 is 1.50 bits per heavy atom. The van der Waals surface area contributed by atoms with Crippen LogP contribution < -0.4 is 16.0 Å². The van der Waals surface area contributed by atoms with Gasteiger partial charge in [0.2, 0.25) is 11.8 Å². The maximum atomic E-state index is 13.6. The van der Waals surface area contributed by atoms with Crippen LogP contribution in [0.4, 0.5) is 4.79 Å². The van der Waals surface area contributed by atoms with Gasteiger partial charge in [-0.2, -0.15) is 0 Å². The quantitative estimate of drug-likeness (QED) is 0.254. The third-order valence-electron chi connectivity index (χ3n) is 6.56. The molecule has 3 N–H and O–H groups in total. The maximum Gasteiger partial charge on any atom is 0.408 e. The van der Waals surface area contributed by atoms with E-state index in [-0.39, 0.29) is 18.9 Å². The van der Waals surface area contributed by atoms with Crippen LogP contribution in [0.25, 0.3) is 10.8 Å². The Hall–Kier alpha value is -4.20. The molecule has 3 aromatic carbocycles. The van der Waals surface area contributed by atoms with E-state index in [1.54, 1.807) is 0 Å². The normalized spacial score (nSPS) is 13.2. The van der Waals surface area contributed by atoms with E-state index in [1.807, 2.05) is 93.6 Å². The molecule has 0 radical (unpaired) electrons. The number of carbonyl (C=O) groups excluding carboxylic acids is 4. The zero-order valence-electron chi connectivity index (χ0n) is 23.4. The summed E-state index contributed by atoms with van der Waals surface area (Å²) in [5, 5.41) is 10.3. The summed E-state index contributed by atoms with van der Waals surface area (Å²) in [6.07, 6.45) is 1.77. The first kappa shape index (κ1) is 30.3. The monoisotopic (exact) mass is 545 g/mol. The van der Waals surface area contributed by atoms with Crippen LogP contribution in [-0.4, -0.2) is 42.3 Å². The van der Waals surface area contributed by atoms with Gasteiger partial charge in [0.25, 0.3) is 0 Å². The number of hydrogen-bond donors (Lipinski definition) is 3. The molecule has 3 rings (SSSR count). The van der Waals surface area contributed by atoms with Crippen LogP contribution in [0.3, 0.4) is 0 Å². The van der Waals surface area contributed by atoms with E-state index in [0.29, 0.717) is 19.1 Å². The summed E-state index contributed by atoms with van der Waals surface area (Å²) in [4.78, 5) is 51.0. The lowest BCUT2D eigenvalue weighted by atomic mass is 9.97. The highest BCUT2D eigenvalue weighted by Gasteiger charge is 2.29. The summed E-state index contributed by atoms with van der Waals surface area (Å²) in [6, 6.07) is 20.4. The lowest BCUT2D eigenvalue weighted by molar-refractivity contribution is -0.131. The Morgan fingerprint density at radius 3 is 2.20 bits per heavy atom. The fourth-order valence-corrected chi connectivity index (χ4v) is 4.55. The minimum Gasteiger partial charge on any atom is -0.445 e. The van der Waals surface area contributed by atoms with Crippen LogP contribution in [0.5, 0.6) is 0 Å². The highest BCUT2D eigenvalue weighted by atomic mass is 16.5. The molecule has 3 aromatic rings. The van der Waals surface area contributed by atoms with Gasteiger partial charge in [-0.15, -0.1) is 0 Å². The number of alkyl carbamates (subject to hydrolysis) is 1. The number of hydrogen-bond acceptors (Lipinski definition) is 5. The Balaban J connectivity index is 1.81. The molecule has 0 aliphatic rings. The summed E-state index contributed by atoms with van der Waals surface area (Å²) in [6.45, 7) is 5.87. The van der Waals surface area contributed by atoms with E-state index in [2.05, 4.69) is 16.0 Å². The topological polar surface area (TPSA) is 114 Å². The van der Waals surface area contributed by atoms with Crippen molar-refractivity contribution in [1.29, 1.82) is 0 Å². The molecule has 212 valence electrons. The highest BCUT2D eigenvalue weighted by Crippen LogP contribution is 2.20. The molecule has 0 aliphatic carbocycles. The van der Waals surface area contributed by atoms with Crippen molar-refractivity contribution in [2.45, 2.75) is 71.2 Å². The van der Waals surface area contributed by atoms with Crippen LogP contribution in [0, 0.1) is 5.92 Å². The van der Waals surface area contributed by atoms with Crippen molar-refractivity contribution in [2.75, 3.05) is 0 Å². The van der Waals surface area contributed by atoms with E-state index >= 15 is 0 Å². The minimum absolute atomic E-state index is 0.0537. The van der Waals surface area contributed by atoms with Crippen molar-refractivity contribution < 1.29 is 23.9 Å². The van der Waals surface area contributed by atoms with Crippen molar-refractivity contribution in [3.05, 3.63) is 83.9 Å². The molecule has 40 heavy (non-hydrogen) atoms. The van der Waals surface area contributed by atoms with Gasteiger partial charge in [-0.25, -0.2) is 4.79 Å². The first-order chi connectivity index (χ1) is 19.3. The average Bonchev–Trinajstić information content (AvgIpc) is 2.95. The van der Waals surface area contributed by atoms with Crippen LogP contribution in [0.2, 0.25) is 0 Å². The van der Waals surface area contributed by atoms with Crippen LogP contribution in [-0.2, 0) is 32.1 Å². The maximum absolute atomic E-state index is 13.6. The summed E-state index contributed by atoms with van der Waals surface area (Å²) in [5.41, 5.74) is 1.69. The predicted molar refractivity (Wildman–Crippen MR) is 155 cm³/mol. The summed E-state index contributed by atoms with van der Waals surface area (Å²) in [5.74, 6) is -0.844. The van der Waals surface area contributed by atoms with E-state index in [9.17, 15) is 19.2 Å². The van der Waals surface area contributed by atoms with Gasteiger partial charge >= 0.3 is 6.09 Å². The van der Waals surface area contributed by atoms with Crippen LogP contribution in [0.15, 0.2) is 72.8 Å². The molecule has 8 nitrogen and oxygen atoms in total. The number of carbonyl (C=O) groups is 4. The largest absolute Gasteiger partial charge is 0.445 e. The molecular formula is C32H39N3O5. The predicted octanol–water partition coefficient (Wildman–Crippen LogP) is 4.69. The summed E-state index contributed by atoms with van der Waals surface area (Å²) >= 11 is 0. The zero-order chi connectivity index (χ0) is 28.9. The first-order valence-corrected chi connectivity index (χ1v) is 13.8. The van der Waals surface area contributed by atoms with Crippen molar-refractivity contribution in [1.82, 2.24) is 16.0 Å². The second kappa shape index (κ2) is 15.4. The zero-order valence-corrected chi connectivity index (χ0v) is 23.4. The molecule has 0 aliphatic heterocycles. The molecule has 0 saturated carbocycles. The van der Waals surface area contributed by atoms with E-state index in [0.717, 1.165) is 28.3 Å². The number of amides is 3. The molecule has 8 heteroatoms. The minimum atomic E-state index is -1.01. The molecule has 0 spiro atoms. The van der Waals surface area contributed by atoms with E-state index in [4.69, 9.17) is 4.74 Å². The third-order valence-corrected chi connectivity index (χ3v) is 6.56. The molecule has 3 amide bonds. The van der Waals surface area contributed by atoms with Gasteiger partial charge in [0.1, 0.15) is 25.0 Å². The Kier molecular flexibility index (Phi) is 11.7. The lowest BCUT2D eigenvalue weighted by Crippen LogP contribution is -2.56. The molecule has 0 heterocycles. The van der Waals surface area contributed by atoms with Gasteiger partial charge in [0.15, 0.2) is 0 Å². The molecule has 0 aromatic heterocycles. The molecule has 0 bridgehead atoms. The SMILES string of the molecule is CCC[C@@H](C=O)NC(=O)[C@H](CC(C)C)NC(=O)[C@H](Cc1cccc2ccccc12)NC(=O)OCc1ccccc1. The number of nitrogens with one attached hydrogen (secondary N) is 3. The Bertz CT molecular complexity index is 1270. The second-order valence-corrected chi connectivity index (χ2v) is 10.3. The van der Waals surface area contributed by atoms with Gasteiger partial charge in [0.05, 0.1) is 6.04 Å². The third kappa shape index (κ3) is 9.22. The number of benzene rings is 3. The van der Waals surface area contributed by atoms with Gasteiger partial charge in [-0.05, 0) is 40.7 Å². The summed E-state index contributed by atoms with van der Waals surface area (Å²) in [7, 11) is 0. The van der Waals surface area contributed by atoms with E-state index in [1.165, 1.54) is 0 Å². The van der Waals surface area contributed by atoms with Crippen LogP contribution >= 0.6 is 0 Å². The molecule has 0 saturated heterocycles. The molecule has 0 unspecified atom stereocenters. The van der Waals surface area contributed by atoms with Gasteiger partial charge < -0.3 is 25.5 Å².